The molecule has 2 rings (SSSR count). The van der Waals surface area contributed by atoms with Gasteiger partial charge in [0, 0.05) is 28.6 Å². The first-order chi connectivity index (χ1) is 8.69. The Hall–Kier alpha value is -0.420. The molecule has 0 aliphatic heterocycles. The van der Waals surface area contributed by atoms with Gasteiger partial charge in [0.15, 0.2) is 0 Å². The lowest BCUT2D eigenvalue weighted by Crippen LogP contribution is -2.39. The lowest BCUT2D eigenvalue weighted by molar-refractivity contribution is -0.118. The van der Waals surface area contributed by atoms with E-state index in [0.717, 1.165) is 25.8 Å². The van der Waals surface area contributed by atoms with Gasteiger partial charge in [0.05, 0.1) is 0 Å². The van der Waals surface area contributed by atoms with Crippen LogP contribution < -0.4 is 10.6 Å². The smallest absolute Gasteiger partial charge is 0.232 e. The van der Waals surface area contributed by atoms with Crippen molar-refractivity contribution in [2.45, 2.75) is 51.1 Å². The van der Waals surface area contributed by atoms with Crippen molar-refractivity contribution in [2.24, 2.45) is 5.92 Å². The molecule has 2 fully saturated rings. The Morgan fingerprint density at radius 3 is 2.61 bits per heavy atom. The van der Waals surface area contributed by atoms with Crippen LogP contribution in [0.3, 0.4) is 0 Å². The van der Waals surface area contributed by atoms with Crippen molar-refractivity contribution >= 4 is 16.7 Å². The minimum absolute atomic E-state index is 0.0409. The van der Waals surface area contributed by atoms with Crippen LogP contribution in [0.25, 0.3) is 0 Å². The van der Waals surface area contributed by atoms with E-state index in [2.05, 4.69) is 17.6 Å². The summed E-state index contributed by atoms with van der Waals surface area (Å²) in [5.74, 6) is 1.45. The Morgan fingerprint density at radius 2 is 2.06 bits per heavy atom. The monoisotopic (exact) mass is 272 g/mol. The quantitative estimate of drug-likeness (QED) is 0.652. The fourth-order valence-corrected chi connectivity index (χ4v) is 3.38. The molecule has 0 aromatic heterocycles. The van der Waals surface area contributed by atoms with Gasteiger partial charge in [-0.3, -0.25) is 9.00 Å². The van der Waals surface area contributed by atoms with E-state index in [1.165, 1.54) is 12.8 Å². The molecular formula is C13H24N2O2S. The van der Waals surface area contributed by atoms with E-state index in [1.807, 2.05) is 0 Å². The number of amides is 1. The fraction of sp³-hybridized carbons (Fsp3) is 0.923. The van der Waals surface area contributed by atoms with Crippen molar-refractivity contribution in [1.82, 2.24) is 10.6 Å². The third-order valence-electron chi connectivity index (χ3n) is 3.45. The summed E-state index contributed by atoms with van der Waals surface area (Å²) in [6.45, 7) is 3.11. The van der Waals surface area contributed by atoms with Gasteiger partial charge in [0.2, 0.25) is 5.91 Å². The minimum Gasteiger partial charge on any atom is -0.353 e. The van der Waals surface area contributed by atoms with Gasteiger partial charge in [0.1, 0.15) is 5.75 Å². The molecule has 2 N–H and O–H groups in total. The molecule has 18 heavy (non-hydrogen) atoms. The molecular weight excluding hydrogens is 248 g/mol. The Morgan fingerprint density at radius 1 is 1.33 bits per heavy atom. The number of hydrogen-bond acceptors (Lipinski definition) is 3. The molecule has 0 bridgehead atoms. The van der Waals surface area contributed by atoms with Crippen molar-refractivity contribution in [2.75, 3.05) is 18.1 Å². The number of nitrogens with one attached hydrogen (secondary N) is 2. The number of carbonyl (C=O) groups excluding carboxylic acids is 1. The first-order valence-corrected chi connectivity index (χ1v) is 8.55. The second-order valence-corrected chi connectivity index (χ2v) is 6.99. The van der Waals surface area contributed by atoms with Crippen LogP contribution in [0.2, 0.25) is 0 Å². The molecule has 2 atom stereocenters. The highest BCUT2D eigenvalue weighted by Crippen LogP contribution is 2.33. The van der Waals surface area contributed by atoms with Gasteiger partial charge in [-0.1, -0.05) is 6.92 Å². The number of hydrogen-bond donors (Lipinski definition) is 2. The second-order valence-electron chi connectivity index (χ2n) is 5.49. The summed E-state index contributed by atoms with van der Waals surface area (Å²) in [5.41, 5.74) is 0. The third-order valence-corrected chi connectivity index (χ3v) is 4.76. The average Bonchev–Trinajstić information content (AvgIpc) is 3.14. The fourth-order valence-electron chi connectivity index (χ4n) is 2.09. The van der Waals surface area contributed by atoms with Crippen LogP contribution in [-0.4, -0.2) is 40.3 Å². The van der Waals surface area contributed by atoms with Gasteiger partial charge in [-0.25, -0.2) is 0 Å². The van der Waals surface area contributed by atoms with Crippen LogP contribution in [0.1, 0.15) is 39.0 Å². The SMILES string of the molecule is CCCNC(CS(=O)CC(=O)NC1CC1)C1CC1. The normalized spacial score (nSPS) is 22.5. The summed E-state index contributed by atoms with van der Waals surface area (Å²) >= 11 is 0. The van der Waals surface area contributed by atoms with E-state index in [1.54, 1.807) is 0 Å². The molecule has 4 nitrogen and oxygen atoms in total. The minimum atomic E-state index is -1.03. The summed E-state index contributed by atoms with van der Waals surface area (Å²) in [7, 11) is -1.03. The molecule has 0 spiro atoms. The van der Waals surface area contributed by atoms with E-state index in [4.69, 9.17) is 0 Å². The lowest BCUT2D eigenvalue weighted by Gasteiger charge is -2.17. The Kier molecular flexibility index (Phi) is 5.18. The summed E-state index contributed by atoms with van der Waals surface area (Å²) in [4.78, 5) is 11.6. The van der Waals surface area contributed by atoms with Crippen LogP contribution >= 0.6 is 0 Å². The van der Waals surface area contributed by atoms with Crippen molar-refractivity contribution in [3.63, 3.8) is 0 Å². The highest BCUT2D eigenvalue weighted by Gasteiger charge is 2.32. The molecule has 5 heteroatoms. The van der Waals surface area contributed by atoms with Gasteiger partial charge in [0.25, 0.3) is 0 Å². The maximum atomic E-state index is 12.0. The van der Waals surface area contributed by atoms with E-state index < -0.39 is 10.8 Å². The zero-order valence-corrected chi connectivity index (χ0v) is 11.9. The maximum Gasteiger partial charge on any atom is 0.232 e. The van der Waals surface area contributed by atoms with E-state index in [0.29, 0.717) is 23.8 Å². The van der Waals surface area contributed by atoms with Crippen LogP contribution in [0.15, 0.2) is 0 Å². The van der Waals surface area contributed by atoms with Crippen LogP contribution in [0, 0.1) is 5.92 Å². The predicted molar refractivity (Wildman–Crippen MR) is 73.8 cm³/mol. The van der Waals surface area contributed by atoms with Gasteiger partial charge in [-0.15, -0.1) is 0 Å². The molecule has 2 unspecified atom stereocenters. The van der Waals surface area contributed by atoms with Gasteiger partial charge in [-0.05, 0) is 44.6 Å². The number of carbonyl (C=O) groups is 1. The summed E-state index contributed by atoms with van der Waals surface area (Å²) in [6, 6.07) is 0.714. The summed E-state index contributed by atoms with van der Waals surface area (Å²) < 4.78 is 12.0. The predicted octanol–water partition coefficient (Wildman–Crippen LogP) is 0.792. The highest BCUT2D eigenvalue weighted by molar-refractivity contribution is 7.85. The van der Waals surface area contributed by atoms with Crippen LogP contribution in [-0.2, 0) is 15.6 Å². The van der Waals surface area contributed by atoms with Crippen molar-refractivity contribution in [3.8, 4) is 0 Å². The molecule has 2 aliphatic rings. The lowest BCUT2D eigenvalue weighted by atomic mass is 10.2. The average molecular weight is 272 g/mol. The van der Waals surface area contributed by atoms with Crippen molar-refractivity contribution < 1.29 is 9.00 Å². The Bertz CT molecular complexity index is 314. The second kappa shape index (κ2) is 6.66. The van der Waals surface area contributed by atoms with Crippen LogP contribution in [0.4, 0.5) is 0 Å². The van der Waals surface area contributed by atoms with Crippen LogP contribution in [0.5, 0.6) is 0 Å². The van der Waals surface area contributed by atoms with E-state index >= 15 is 0 Å². The summed E-state index contributed by atoms with van der Waals surface area (Å²) in [5, 5.41) is 6.36. The Labute approximate surface area is 112 Å². The molecule has 0 aromatic carbocycles. The topological polar surface area (TPSA) is 58.2 Å². The first kappa shape index (κ1) is 14.0. The van der Waals surface area contributed by atoms with Gasteiger partial charge in [-0.2, -0.15) is 0 Å². The van der Waals surface area contributed by atoms with Crippen molar-refractivity contribution in [3.05, 3.63) is 0 Å². The zero-order valence-electron chi connectivity index (χ0n) is 11.1. The summed E-state index contributed by atoms with van der Waals surface area (Å²) in [6.07, 6.45) is 5.75. The Balaban J connectivity index is 1.68. The molecule has 104 valence electrons. The van der Waals surface area contributed by atoms with Gasteiger partial charge < -0.3 is 10.6 Å². The maximum absolute atomic E-state index is 12.0. The van der Waals surface area contributed by atoms with E-state index in [9.17, 15) is 9.00 Å². The molecule has 2 aliphatic carbocycles. The zero-order chi connectivity index (χ0) is 13.0. The standard InChI is InChI=1S/C13H24N2O2S/c1-2-7-14-12(10-3-4-10)8-18(17)9-13(16)15-11-5-6-11/h10-12,14H,2-9H2,1H3,(H,15,16). The van der Waals surface area contributed by atoms with E-state index in [-0.39, 0.29) is 11.7 Å². The first-order valence-electron chi connectivity index (χ1n) is 7.06. The largest absolute Gasteiger partial charge is 0.353 e. The highest BCUT2D eigenvalue weighted by atomic mass is 32.2. The third kappa shape index (κ3) is 5.06. The van der Waals surface area contributed by atoms with Crippen molar-refractivity contribution in [1.29, 1.82) is 0 Å². The molecule has 0 radical (unpaired) electrons. The molecule has 0 saturated heterocycles. The van der Waals surface area contributed by atoms with Gasteiger partial charge >= 0.3 is 0 Å². The molecule has 1 amide bonds. The number of rotatable bonds is 9. The molecule has 0 aromatic rings. The molecule has 2 saturated carbocycles. The molecule has 0 heterocycles.